The Morgan fingerprint density at radius 1 is 1.11 bits per heavy atom. The third-order valence-electron chi connectivity index (χ3n) is 4.15. The fourth-order valence-corrected chi connectivity index (χ4v) is 2.77. The van der Waals surface area contributed by atoms with Crippen molar-refractivity contribution in [1.82, 2.24) is 0 Å². The summed E-state index contributed by atoms with van der Waals surface area (Å²) in [5.41, 5.74) is 3.57. The summed E-state index contributed by atoms with van der Waals surface area (Å²) in [6, 6.07) is 13.3. The van der Waals surface area contributed by atoms with E-state index in [-0.39, 0.29) is 18.4 Å². The van der Waals surface area contributed by atoms with Crippen molar-refractivity contribution in [1.29, 1.82) is 0 Å². The molecule has 2 aromatic carbocycles. The fourth-order valence-electron chi connectivity index (χ4n) is 2.77. The summed E-state index contributed by atoms with van der Waals surface area (Å²) in [5.74, 6) is 0.00152. The van der Waals surface area contributed by atoms with E-state index < -0.39 is 5.97 Å². The van der Waals surface area contributed by atoms with E-state index in [1.54, 1.807) is 6.08 Å². The first-order chi connectivity index (χ1) is 13.4. The topological polar surface area (TPSA) is 64.6 Å². The minimum Gasteiger partial charge on any atom is -0.493 e. The van der Waals surface area contributed by atoms with Crippen molar-refractivity contribution in [3.05, 3.63) is 65.2 Å². The number of anilines is 1. The highest BCUT2D eigenvalue weighted by Crippen LogP contribution is 2.27. The van der Waals surface area contributed by atoms with Gasteiger partial charge in [0.05, 0.1) is 6.61 Å². The molecular weight excluding hydrogens is 354 g/mol. The standard InChI is InChI=1S/C23H27NO4/c1-5-27-20-12-7-6-10-18(20)13-14-22(26)28-15-21(25)24-23-17(4)9-8-11-19(23)16(2)3/h6-14,16H,5,15H2,1-4H3,(H,24,25)/b14-13+. The lowest BCUT2D eigenvalue weighted by Gasteiger charge is -2.16. The molecule has 5 heteroatoms. The Balaban J connectivity index is 1.94. The van der Waals surface area contributed by atoms with Crippen molar-refractivity contribution in [3.63, 3.8) is 0 Å². The number of amides is 1. The zero-order chi connectivity index (χ0) is 20.5. The predicted molar refractivity (Wildman–Crippen MR) is 112 cm³/mol. The number of hydrogen-bond acceptors (Lipinski definition) is 4. The Morgan fingerprint density at radius 3 is 2.57 bits per heavy atom. The third-order valence-corrected chi connectivity index (χ3v) is 4.15. The fraction of sp³-hybridized carbons (Fsp3) is 0.304. The van der Waals surface area contributed by atoms with Gasteiger partial charge in [-0.2, -0.15) is 0 Å². The van der Waals surface area contributed by atoms with Gasteiger partial charge < -0.3 is 14.8 Å². The van der Waals surface area contributed by atoms with Crippen LogP contribution in [0.2, 0.25) is 0 Å². The summed E-state index contributed by atoms with van der Waals surface area (Å²) in [7, 11) is 0. The van der Waals surface area contributed by atoms with Gasteiger partial charge in [-0.25, -0.2) is 4.79 Å². The molecule has 0 heterocycles. The quantitative estimate of drug-likeness (QED) is 0.531. The molecule has 0 saturated heterocycles. The molecule has 0 bridgehead atoms. The minimum atomic E-state index is -0.588. The first kappa shape index (κ1) is 21.2. The number of carbonyl (C=O) groups is 2. The van der Waals surface area contributed by atoms with Gasteiger partial charge in [0.25, 0.3) is 5.91 Å². The van der Waals surface area contributed by atoms with Crippen LogP contribution in [0.25, 0.3) is 6.08 Å². The normalized spacial score (nSPS) is 10.9. The highest BCUT2D eigenvalue weighted by atomic mass is 16.5. The molecule has 5 nitrogen and oxygen atoms in total. The van der Waals surface area contributed by atoms with Crippen molar-refractivity contribution in [2.45, 2.75) is 33.6 Å². The maximum atomic E-state index is 12.2. The largest absolute Gasteiger partial charge is 0.493 e. The minimum absolute atomic E-state index is 0.270. The average molecular weight is 381 g/mol. The SMILES string of the molecule is CCOc1ccccc1/C=C/C(=O)OCC(=O)Nc1c(C)cccc1C(C)C. The van der Waals surface area contributed by atoms with Crippen molar-refractivity contribution < 1.29 is 19.1 Å². The van der Waals surface area contributed by atoms with Crippen LogP contribution >= 0.6 is 0 Å². The summed E-state index contributed by atoms with van der Waals surface area (Å²) in [6.45, 7) is 8.15. The highest BCUT2D eigenvalue weighted by molar-refractivity contribution is 5.95. The molecule has 1 amide bonds. The Hall–Kier alpha value is -3.08. The van der Waals surface area contributed by atoms with Gasteiger partial charge in [0, 0.05) is 17.3 Å². The van der Waals surface area contributed by atoms with E-state index in [4.69, 9.17) is 9.47 Å². The van der Waals surface area contributed by atoms with Gasteiger partial charge in [-0.15, -0.1) is 0 Å². The van der Waals surface area contributed by atoms with Crippen LogP contribution in [0.3, 0.4) is 0 Å². The van der Waals surface area contributed by atoms with Crippen LogP contribution in [-0.2, 0) is 14.3 Å². The Labute approximate surface area is 166 Å². The number of carbonyl (C=O) groups excluding carboxylic acids is 2. The number of esters is 1. The number of rotatable bonds is 8. The van der Waals surface area contributed by atoms with Crippen LogP contribution in [0.15, 0.2) is 48.5 Å². The summed E-state index contributed by atoms with van der Waals surface area (Å²) < 4.78 is 10.6. The van der Waals surface area contributed by atoms with Gasteiger partial charge in [-0.05, 0) is 43.0 Å². The number of nitrogens with one attached hydrogen (secondary N) is 1. The first-order valence-corrected chi connectivity index (χ1v) is 9.38. The number of hydrogen-bond donors (Lipinski definition) is 1. The van der Waals surface area contributed by atoms with Crippen LogP contribution in [-0.4, -0.2) is 25.1 Å². The lowest BCUT2D eigenvalue weighted by molar-refractivity contribution is -0.142. The van der Waals surface area contributed by atoms with Crippen LogP contribution < -0.4 is 10.1 Å². The number of ether oxygens (including phenoxy) is 2. The van der Waals surface area contributed by atoms with Crippen LogP contribution in [0, 0.1) is 6.92 Å². The van der Waals surface area contributed by atoms with Gasteiger partial charge in [0.2, 0.25) is 0 Å². The van der Waals surface area contributed by atoms with Crippen LogP contribution in [0.1, 0.15) is 43.4 Å². The van der Waals surface area contributed by atoms with E-state index in [0.717, 1.165) is 22.4 Å². The number of aryl methyl sites for hydroxylation is 1. The summed E-state index contributed by atoms with van der Waals surface area (Å²) >= 11 is 0. The molecule has 0 atom stereocenters. The molecule has 2 rings (SSSR count). The zero-order valence-electron chi connectivity index (χ0n) is 16.8. The van der Waals surface area contributed by atoms with E-state index in [0.29, 0.717) is 12.4 Å². The van der Waals surface area contributed by atoms with Crippen molar-refractivity contribution >= 4 is 23.6 Å². The summed E-state index contributed by atoms with van der Waals surface area (Å²) in [5, 5.41) is 2.85. The van der Waals surface area contributed by atoms with E-state index >= 15 is 0 Å². The van der Waals surface area contributed by atoms with Gasteiger partial charge >= 0.3 is 5.97 Å². The molecule has 0 spiro atoms. The molecular formula is C23H27NO4. The maximum absolute atomic E-state index is 12.2. The lowest BCUT2D eigenvalue weighted by atomic mass is 9.98. The van der Waals surface area contributed by atoms with Gasteiger partial charge in [0.1, 0.15) is 5.75 Å². The smallest absolute Gasteiger partial charge is 0.331 e. The molecule has 0 aliphatic rings. The molecule has 0 unspecified atom stereocenters. The van der Waals surface area contributed by atoms with Crippen molar-refractivity contribution in [2.75, 3.05) is 18.5 Å². The molecule has 28 heavy (non-hydrogen) atoms. The van der Waals surface area contributed by atoms with Crippen molar-refractivity contribution in [2.24, 2.45) is 0 Å². The van der Waals surface area contributed by atoms with Crippen LogP contribution in [0.4, 0.5) is 5.69 Å². The van der Waals surface area contributed by atoms with E-state index in [1.165, 1.54) is 6.08 Å². The van der Waals surface area contributed by atoms with Gasteiger partial charge in [-0.1, -0.05) is 50.2 Å². The van der Waals surface area contributed by atoms with E-state index in [1.807, 2.05) is 56.3 Å². The zero-order valence-corrected chi connectivity index (χ0v) is 16.8. The average Bonchev–Trinajstić information content (AvgIpc) is 2.67. The maximum Gasteiger partial charge on any atom is 0.331 e. The molecule has 0 saturated carbocycles. The van der Waals surface area contributed by atoms with Crippen LogP contribution in [0.5, 0.6) is 5.75 Å². The first-order valence-electron chi connectivity index (χ1n) is 9.38. The van der Waals surface area contributed by atoms with Gasteiger partial charge in [0.15, 0.2) is 6.61 Å². The second kappa shape index (κ2) is 10.3. The van der Waals surface area contributed by atoms with E-state index in [2.05, 4.69) is 19.2 Å². The third kappa shape index (κ3) is 5.98. The second-order valence-corrected chi connectivity index (χ2v) is 6.65. The molecule has 1 N–H and O–H groups in total. The Kier molecular flexibility index (Phi) is 7.81. The van der Waals surface area contributed by atoms with Crippen molar-refractivity contribution in [3.8, 4) is 5.75 Å². The van der Waals surface area contributed by atoms with E-state index in [9.17, 15) is 9.59 Å². The second-order valence-electron chi connectivity index (χ2n) is 6.65. The molecule has 0 aromatic heterocycles. The molecule has 0 aliphatic carbocycles. The molecule has 0 radical (unpaired) electrons. The monoisotopic (exact) mass is 381 g/mol. The molecule has 148 valence electrons. The number of benzene rings is 2. The number of para-hydroxylation sites is 2. The molecule has 2 aromatic rings. The highest BCUT2D eigenvalue weighted by Gasteiger charge is 2.13. The molecule has 0 fully saturated rings. The molecule has 0 aliphatic heterocycles. The van der Waals surface area contributed by atoms with Gasteiger partial charge in [-0.3, -0.25) is 4.79 Å². The summed E-state index contributed by atoms with van der Waals surface area (Å²) in [4.78, 5) is 24.2. The lowest BCUT2D eigenvalue weighted by Crippen LogP contribution is -2.21. The Bertz CT molecular complexity index is 855. The predicted octanol–water partition coefficient (Wildman–Crippen LogP) is 4.71. The Morgan fingerprint density at radius 2 is 1.86 bits per heavy atom. The summed E-state index contributed by atoms with van der Waals surface area (Å²) in [6.07, 6.45) is 2.90.